The van der Waals surface area contributed by atoms with Gasteiger partial charge < -0.3 is 19.0 Å². The molecule has 11 heteroatoms. The van der Waals surface area contributed by atoms with Crippen LogP contribution in [0.2, 0.25) is 0 Å². The van der Waals surface area contributed by atoms with E-state index in [0.29, 0.717) is 0 Å². The van der Waals surface area contributed by atoms with Crippen LogP contribution in [-0.2, 0) is 28.6 Å². The maximum atomic E-state index is 12.0. The summed E-state index contributed by atoms with van der Waals surface area (Å²) in [6, 6.07) is 0. The van der Waals surface area contributed by atoms with E-state index in [4.69, 9.17) is 14.3 Å². The lowest BCUT2D eigenvalue weighted by atomic mass is 10.2. The van der Waals surface area contributed by atoms with E-state index in [-0.39, 0.29) is 16.5 Å². The molecular formula is C18H25N3O7S. The highest BCUT2D eigenvalue weighted by molar-refractivity contribution is 7.14. The number of esters is 2. The van der Waals surface area contributed by atoms with Gasteiger partial charge >= 0.3 is 18.0 Å². The Balaban J connectivity index is 2.94. The molecule has 1 aromatic rings. The predicted octanol–water partition coefficient (Wildman–Crippen LogP) is 3.24. The van der Waals surface area contributed by atoms with Crippen molar-refractivity contribution in [3.05, 3.63) is 23.4 Å². The normalized spacial score (nSPS) is 12.0. The minimum atomic E-state index is -0.865. The molecule has 29 heavy (non-hydrogen) atoms. The lowest BCUT2D eigenvalue weighted by Gasteiger charge is -2.19. The topological polar surface area (TPSA) is 125 Å². The molecular weight excluding hydrogens is 402 g/mol. The number of carbonyl (C=O) groups excluding carboxylic acids is 3. The molecule has 1 heterocycles. The Morgan fingerprint density at radius 3 is 2.17 bits per heavy atom. The van der Waals surface area contributed by atoms with Gasteiger partial charge in [-0.3, -0.25) is 5.32 Å². The molecule has 1 amide bonds. The van der Waals surface area contributed by atoms with Crippen LogP contribution < -0.4 is 5.32 Å². The van der Waals surface area contributed by atoms with Gasteiger partial charge in [-0.05, 0) is 48.1 Å². The van der Waals surface area contributed by atoms with Gasteiger partial charge in [-0.25, -0.2) is 19.4 Å². The van der Waals surface area contributed by atoms with Gasteiger partial charge in [-0.15, -0.1) is 11.3 Å². The average molecular weight is 427 g/mol. The fraction of sp³-hybridized carbons (Fsp3) is 0.500. The first-order valence-electron chi connectivity index (χ1n) is 8.43. The fourth-order valence-electron chi connectivity index (χ4n) is 1.59. The standard InChI is InChI=1S/C18H25N3O7S/c1-10(13(22)26-17(2,3)4)28-21-12(14(23)25-8)11-9-29-15(19-11)20-16(24)27-18(5,6)7/h9H,1H2,2-8H3,(H,19,20,24). The second kappa shape index (κ2) is 9.50. The summed E-state index contributed by atoms with van der Waals surface area (Å²) in [7, 11) is 1.15. The van der Waals surface area contributed by atoms with Crippen molar-refractivity contribution >= 4 is 40.2 Å². The maximum absolute atomic E-state index is 12.0. The third-order valence-electron chi connectivity index (χ3n) is 2.61. The molecule has 0 aliphatic heterocycles. The first-order chi connectivity index (χ1) is 13.2. The highest BCUT2D eigenvalue weighted by Crippen LogP contribution is 2.19. The molecule has 0 unspecified atom stereocenters. The average Bonchev–Trinajstić information content (AvgIpc) is 2.98. The van der Waals surface area contributed by atoms with Gasteiger partial charge in [0.25, 0.3) is 0 Å². The SMILES string of the molecule is C=C(ON=C(C(=O)OC)c1csc(NC(=O)OC(C)(C)C)n1)C(=O)OC(C)(C)C. The van der Waals surface area contributed by atoms with Crippen LogP contribution in [0.15, 0.2) is 22.9 Å². The first-order valence-corrected chi connectivity index (χ1v) is 9.31. The van der Waals surface area contributed by atoms with E-state index >= 15 is 0 Å². The van der Waals surface area contributed by atoms with E-state index in [1.807, 2.05) is 0 Å². The summed E-state index contributed by atoms with van der Waals surface area (Å²) < 4.78 is 14.9. The molecule has 10 nitrogen and oxygen atoms in total. The number of carbonyl (C=O) groups is 3. The number of nitrogens with zero attached hydrogens (tertiary/aromatic N) is 2. The summed E-state index contributed by atoms with van der Waals surface area (Å²) in [5.41, 5.74) is -1.70. The van der Waals surface area contributed by atoms with Gasteiger partial charge in [0.2, 0.25) is 11.5 Å². The summed E-state index contributed by atoms with van der Waals surface area (Å²) >= 11 is 1.03. The van der Waals surface area contributed by atoms with E-state index in [1.165, 1.54) is 5.38 Å². The van der Waals surface area contributed by atoms with E-state index in [0.717, 1.165) is 18.4 Å². The Hall–Kier alpha value is -2.95. The molecule has 0 spiro atoms. The molecule has 0 atom stereocenters. The molecule has 1 aromatic heterocycles. The number of anilines is 1. The lowest BCUT2D eigenvalue weighted by molar-refractivity contribution is -0.154. The molecule has 1 N–H and O–H groups in total. The molecule has 0 aliphatic rings. The van der Waals surface area contributed by atoms with Crippen molar-refractivity contribution in [2.75, 3.05) is 12.4 Å². The third kappa shape index (κ3) is 8.73. The number of hydrogen-bond donors (Lipinski definition) is 1. The van der Waals surface area contributed by atoms with Crippen LogP contribution in [0.25, 0.3) is 0 Å². The number of methoxy groups -OCH3 is 1. The van der Waals surface area contributed by atoms with Gasteiger partial charge in [0.05, 0.1) is 7.11 Å². The van der Waals surface area contributed by atoms with Crippen LogP contribution in [0.3, 0.4) is 0 Å². The number of nitrogens with one attached hydrogen (secondary N) is 1. The van der Waals surface area contributed by atoms with Crippen molar-refractivity contribution in [2.24, 2.45) is 5.16 Å². The van der Waals surface area contributed by atoms with Crippen molar-refractivity contribution in [1.82, 2.24) is 4.98 Å². The maximum Gasteiger partial charge on any atom is 0.413 e. The van der Waals surface area contributed by atoms with Crippen LogP contribution in [0.1, 0.15) is 47.2 Å². The summed E-state index contributed by atoms with van der Waals surface area (Å²) in [6.07, 6.45) is -0.704. The van der Waals surface area contributed by atoms with Crippen LogP contribution in [-0.4, -0.2) is 47.0 Å². The quantitative estimate of drug-likeness (QED) is 0.183. The van der Waals surface area contributed by atoms with Gasteiger partial charge in [0, 0.05) is 5.38 Å². The minimum absolute atomic E-state index is 0.0601. The highest BCUT2D eigenvalue weighted by Gasteiger charge is 2.24. The monoisotopic (exact) mass is 427 g/mol. The number of thiazole rings is 1. The molecule has 0 aromatic carbocycles. The van der Waals surface area contributed by atoms with Gasteiger partial charge in [0.15, 0.2) is 5.13 Å². The van der Waals surface area contributed by atoms with Gasteiger partial charge in [-0.2, -0.15) is 0 Å². The molecule has 0 bridgehead atoms. The zero-order valence-electron chi connectivity index (χ0n) is 17.4. The van der Waals surface area contributed by atoms with Crippen molar-refractivity contribution in [1.29, 1.82) is 0 Å². The Bertz CT molecular complexity index is 816. The molecule has 0 saturated carbocycles. The van der Waals surface area contributed by atoms with Crippen LogP contribution >= 0.6 is 11.3 Å². The Morgan fingerprint density at radius 1 is 1.07 bits per heavy atom. The number of oxime groups is 1. The first kappa shape index (κ1) is 24.1. The van der Waals surface area contributed by atoms with E-state index in [2.05, 4.69) is 26.8 Å². The van der Waals surface area contributed by atoms with Crippen LogP contribution in [0.5, 0.6) is 0 Å². The number of ether oxygens (including phenoxy) is 3. The molecule has 1 rings (SSSR count). The van der Waals surface area contributed by atoms with Crippen molar-refractivity contribution < 1.29 is 33.4 Å². The van der Waals surface area contributed by atoms with Gasteiger partial charge in [0.1, 0.15) is 16.9 Å². The molecule has 0 aliphatic carbocycles. The Morgan fingerprint density at radius 2 is 1.66 bits per heavy atom. The second-order valence-electron chi connectivity index (χ2n) is 7.61. The number of aromatic nitrogens is 1. The lowest BCUT2D eigenvalue weighted by Crippen LogP contribution is -2.27. The summed E-state index contributed by atoms with van der Waals surface area (Å²) in [5.74, 6) is -2.13. The summed E-state index contributed by atoms with van der Waals surface area (Å²) in [6.45, 7) is 13.6. The number of hydrogen-bond acceptors (Lipinski definition) is 10. The summed E-state index contributed by atoms with van der Waals surface area (Å²) in [4.78, 5) is 44.7. The largest absolute Gasteiger partial charge is 0.464 e. The van der Waals surface area contributed by atoms with E-state index < -0.39 is 35.0 Å². The number of rotatable bonds is 6. The van der Waals surface area contributed by atoms with E-state index in [9.17, 15) is 14.4 Å². The van der Waals surface area contributed by atoms with Crippen molar-refractivity contribution in [2.45, 2.75) is 52.7 Å². The minimum Gasteiger partial charge on any atom is -0.464 e. The molecule has 160 valence electrons. The van der Waals surface area contributed by atoms with Crippen LogP contribution in [0.4, 0.5) is 9.93 Å². The predicted molar refractivity (Wildman–Crippen MR) is 107 cm³/mol. The third-order valence-corrected chi connectivity index (χ3v) is 3.36. The van der Waals surface area contributed by atoms with Gasteiger partial charge in [-0.1, -0.05) is 5.16 Å². The highest BCUT2D eigenvalue weighted by atomic mass is 32.1. The fourth-order valence-corrected chi connectivity index (χ4v) is 2.27. The zero-order chi connectivity index (χ0) is 22.4. The van der Waals surface area contributed by atoms with Crippen LogP contribution in [0, 0.1) is 0 Å². The number of amides is 1. The molecule has 0 fully saturated rings. The summed E-state index contributed by atoms with van der Waals surface area (Å²) in [5, 5.41) is 7.67. The van der Waals surface area contributed by atoms with Crippen molar-refractivity contribution in [3.8, 4) is 0 Å². The second-order valence-corrected chi connectivity index (χ2v) is 8.47. The Labute approximate surface area is 172 Å². The smallest absolute Gasteiger partial charge is 0.413 e. The van der Waals surface area contributed by atoms with Crippen molar-refractivity contribution in [3.63, 3.8) is 0 Å². The molecule has 0 saturated heterocycles. The van der Waals surface area contributed by atoms with E-state index in [1.54, 1.807) is 41.5 Å². The Kier molecular flexibility index (Phi) is 7.89. The zero-order valence-corrected chi connectivity index (χ0v) is 18.3. The molecule has 0 radical (unpaired) electrons.